The Kier molecular flexibility index (Phi) is 18.0. The third kappa shape index (κ3) is 13.4. The van der Waals surface area contributed by atoms with Crippen molar-refractivity contribution in [1.29, 1.82) is 0 Å². The first-order valence-corrected chi connectivity index (χ1v) is 12.6. The van der Waals surface area contributed by atoms with E-state index < -0.39 is 8.80 Å². The average Bonchev–Trinajstić information content (AvgIpc) is 2.58. The first-order valence-electron chi connectivity index (χ1n) is 10.7. The molecule has 0 aliphatic carbocycles. The molecule has 3 nitrogen and oxygen atoms in total. The summed E-state index contributed by atoms with van der Waals surface area (Å²) in [7, 11) is -2.48. The molecular formula is C20H44O3Si. The van der Waals surface area contributed by atoms with E-state index in [1.165, 1.54) is 38.5 Å². The van der Waals surface area contributed by atoms with Crippen LogP contribution in [0.25, 0.3) is 0 Å². The van der Waals surface area contributed by atoms with Gasteiger partial charge in [0.15, 0.2) is 0 Å². The Labute approximate surface area is 153 Å². The zero-order chi connectivity index (χ0) is 17.9. The van der Waals surface area contributed by atoms with Crippen molar-refractivity contribution >= 4 is 8.80 Å². The highest BCUT2D eigenvalue weighted by Gasteiger charge is 2.40. The van der Waals surface area contributed by atoms with Gasteiger partial charge in [0.05, 0.1) is 0 Å². The van der Waals surface area contributed by atoms with Gasteiger partial charge in [0.1, 0.15) is 0 Å². The largest absolute Gasteiger partial charge is 0.500 e. The van der Waals surface area contributed by atoms with Crippen LogP contribution in [0.15, 0.2) is 0 Å². The minimum absolute atomic E-state index is 0.788. The third-order valence-electron chi connectivity index (χ3n) is 4.30. The maximum Gasteiger partial charge on any atom is 0.500 e. The molecule has 0 radical (unpaired) electrons. The summed E-state index contributed by atoms with van der Waals surface area (Å²) in [5.74, 6) is 0. The van der Waals surface area contributed by atoms with Gasteiger partial charge in [-0.2, -0.15) is 0 Å². The van der Waals surface area contributed by atoms with Crippen molar-refractivity contribution in [3.05, 3.63) is 0 Å². The first-order chi connectivity index (χ1) is 11.7. The lowest BCUT2D eigenvalue weighted by atomic mass is 10.1. The standard InChI is InChI=1S/C20H44O3Si/c1-5-9-13-14-15-16-20-24(21-17-10-6-2,22-18-11-7-3)23-19-12-8-4/h5-20H2,1-4H3. The van der Waals surface area contributed by atoms with Gasteiger partial charge in [-0.05, 0) is 25.7 Å². The van der Waals surface area contributed by atoms with Crippen molar-refractivity contribution in [3.63, 3.8) is 0 Å². The maximum absolute atomic E-state index is 6.29. The van der Waals surface area contributed by atoms with Crippen LogP contribution in [-0.2, 0) is 13.3 Å². The first kappa shape index (κ1) is 24.1. The maximum atomic E-state index is 6.29. The van der Waals surface area contributed by atoms with Gasteiger partial charge < -0.3 is 13.3 Å². The molecule has 0 saturated heterocycles. The van der Waals surface area contributed by atoms with E-state index in [4.69, 9.17) is 13.3 Å². The van der Waals surface area contributed by atoms with Crippen molar-refractivity contribution < 1.29 is 13.3 Å². The molecule has 0 spiro atoms. The summed E-state index contributed by atoms with van der Waals surface area (Å²) in [6.07, 6.45) is 14.6. The van der Waals surface area contributed by atoms with Gasteiger partial charge in [-0.25, -0.2) is 0 Å². The second-order valence-electron chi connectivity index (χ2n) is 6.81. The fourth-order valence-corrected chi connectivity index (χ4v) is 5.31. The van der Waals surface area contributed by atoms with Gasteiger partial charge in [0.2, 0.25) is 0 Å². The number of unbranched alkanes of at least 4 members (excludes halogenated alkanes) is 8. The summed E-state index contributed by atoms with van der Waals surface area (Å²) in [5, 5.41) is 0. The van der Waals surface area contributed by atoms with Crippen LogP contribution in [0.3, 0.4) is 0 Å². The summed E-state index contributed by atoms with van der Waals surface area (Å²) in [6, 6.07) is 0.996. The summed E-state index contributed by atoms with van der Waals surface area (Å²) < 4.78 is 18.9. The van der Waals surface area contributed by atoms with Crippen molar-refractivity contribution in [2.24, 2.45) is 0 Å². The zero-order valence-corrected chi connectivity index (χ0v) is 18.0. The molecule has 0 amide bonds. The van der Waals surface area contributed by atoms with Gasteiger partial charge in [-0.15, -0.1) is 0 Å². The SMILES string of the molecule is CCCCCCCC[Si](OCCCC)(OCCCC)OCCCC. The number of hydrogen-bond donors (Lipinski definition) is 0. The Bertz CT molecular complexity index is 223. The molecule has 0 aromatic carbocycles. The molecule has 0 saturated carbocycles. The minimum atomic E-state index is -2.48. The smallest absolute Gasteiger partial charge is 0.373 e. The molecular weight excluding hydrogens is 316 g/mol. The Morgan fingerprint density at radius 1 is 0.458 bits per heavy atom. The van der Waals surface area contributed by atoms with Crippen LogP contribution in [0, 0.1) is 0 Å². The van der Waals surface area contributed by atoms with Crippen LogP contribution < -0.4 is 0 Å². The summed E-state index contributed by atoms with van der Waals surface area (Å²) in [4.78, 5) is 0. The van der Waals surface area contributed by atoms with E-state index in [1.807, 2.05) is 0 Å². The lowest BCUT2D eigenvalue weighted by Crippen LogP contribution is -2.46. The lowest BCUT2D eigenvalue weighted by Gasteiger charge is -2.30. The molecule has 0 heterocycles. The van der Waals surface area contributed by atoms with Gasteiger partial charge in [-0.1, -0.05) is 79.1 Å². The van der Waals surface area contributed by atoms with E-state index >= 15 is 0 Å². The van der Waals surface area contributed by atoms with E-state index in [9.17, 15) is 0 Å². The summed E-state index contributed by atoms with van der Waals surface area (Å²) in [5.41, 5.74) is 0. The monoisotopic (exact) mass is 360 g/mol. The molecule has 0 aromatic rings. The molecule has 0 aliphatic heterocycles. The van der Waals surface area contributed by atoms with Crippen LogP contribution in [0.5, 0.6) is 0 Å². The Hall–Kier alpha value is 0.0969. The van der Waals surface area contributed by atoms with Crippen molar-refractivity contribution in [2.75, 3.05) is 19.8 Å². The van der Waals surface area contributed by atoms with E-state index in [-0.39, 0.29) is 0 Å². The van der Waals surface area contributed by atoms with Crippen LogP contribution in [0.2, 0.25) is 6.04 Å². The second-order valence-corrected chi connectivity index (χ2v) is 9.54. The van der Waals surface area contributed by atoms with E-state index in [2.05, 4.69) is 27.7 Å². The normalized spacial score (nSPS) is 12.0. The van der Waals surface area contributed by atoms with Gasteiger partial charge in [-0.3, -0.25) is 0 Å². The predicted molar refractivity (Wildman–Crippen MR) is 107 cm³/mol. The highest BCUT2D eigenvalue weighted by molar-refractivity contribution is 6.60. The van der Waals surface area contributed by atoms with Crippen LogP contribution >= 0.6 is 0 Å². The van der Waals surface area contributed by atoms with Crippen molar-refractivity contribution in [3.8, 4) is 0 Å². The number of rotatable bonds is 19. The van der Waals surface area contributed by atoms with Gasteiger partial charge >= 0.3 is 8.80 Å². The van der Waals surface area contributed by atoms with Crippen molar-refractivity contribution in [1.82, 2.24) is 0 Å². The molecule has 24 heavy (non-hydrogen) atoms. The molecule has 0 unspecified atom stereocenters. The molecule has 0 rings (SSSR count). The molecule has 0 aromatic heterocycles. The van der Waals surface area contributed by atoms with E-state index in [0.29, 0.717) is 0 Å². The topological polar surface area (TPSA) is 27.7 Å². The molecule has 146 valence electrons. The molecule has 0 aliphatic rings. The fraction of sp³-hybridized carbons (Fsp3) is 1.00. The zero-order valence-electron chi connectivity index (χ0n) is 17.0. The Morgan fingerprint density at radius 2 is 0.833 bits per heavy atom. The summed E-state index contributed by atoms with van der Waals surface area (Å²) >= 11 is 0. The molecule has 0 bridgehead atoms. The van der Waals surface area contributed by atoms with E-state index in [0.717, 1.165) is 64.4 Å². The van der Waals surface area contributed by atoms with Gasteiger partial charge in [0.25, 0.3) is 0 Å². The molecule has 0 fully saturated rings. The molecule has 0 N–H and O–H groups in total. The highest BCUT2D eigenvalue weighted by Crippen LogP contribution is 2.22. The fourth-order valence-electron chi connectivity index (χ4n) is 2.58. The number of hydrogen-bond acceptors (Lipinski definition) is 3. The van der Waals surface area contributed by atoms with Crippen molar-refractivity contribution in [2.45, 2.75) is 111 Å². The average molecular weight is 361 g/mol. The highest BCUT2D eigenvalue weighted by atomic mass is 28.4. The lowest BCUT2D eigenvalue weighted by molar-refractivity contribution is 0.0557. The van der Waals surface area contributed by atoms with Crippen LogP contribution in [0.4, 0.5) is 0 Å². The van der Waals surface area contributed by atoms with Gasteiger partial charge in [0, 0.05) is 25.9 Å². The van der Waals surface area contributed by atoms with Crippen LogP contribution in [-0.4, -0.2) is 28.6 Å². The third-order valence-corrected chi connectivity index (χ3v) is 7.19. The summed E-state index contributed by atoms with van der Waals surface area (Å²) in [6.45, 7) is 11.2. The van der Waals surface area contributed by atoms with E-state index in [1.54, 1.807) is 0 Å². The molecule has 0 atom stereocenters. The second kappa shape index (κ2) is 17.9. The minimum Gasteiger partial charge on any atom is -0.373 e. The quantitative estimate of drug-likeness (QED) is 0.189. The molecule has 4 heteroatoms. The van der Waals surface area contributed by atoms with Crippen LogP contribution in [0.1, 0.15) is 105 Å². The Morgan fingerprint density at radius 3 is 1.25 bits per heavy atom. The predicted octanol–water partition coefficient (Wildman–Crippen LogP) is 6.74. The Balaban J connectivity index is 4.48.